The quantitative estimate of drug-likeness (QED) is 0.611. The van der Waals surface area contributed by atoms with Crippen molar-refractivity contribution in [3.05, 3.63) is 51.8 Å². The van der Waals surface area contributed by atoms with Gasteiger partial charge in [0.2, 0.25) is 0 Å². The molecule has 0 atom stereocenters. The summed E-state index contributed by atoms with van der Waals surface area (Å²) in [6.45, 7) is 1.62. The molecule has 5 heteroatoms. The van der Waals surface area contributed by atoms with Crippen LogP contribution in [0, 0.1) is 24.4 Å². The zero-order chi connectivity index (χ0) is 13.4. The third-order valence-corrected chi connectivity index (χ3v) is 3.28. The number of hydrogen-bond donors (Lipinski definition) is 1. The largest absolute Gasteiger partial charge is 0.398 e. The molecule has 2 aromatic rings. The van der Waals surface area contributed by atoms with E-state index in [0.717, 1.165) is 12.1 Å². The highest BCUT2D eigenvalue weighted by Crippen LogP contribution is 2.34. The molecule has 1 nitrogen and oxygen atoms in total. The van der Waals surface area contributed by atoms with Crippen LogP contribution in [0.2, 0.25) is 0 Å². The van der Waals surface area contributed by atoms with E-state index in [1.54, 1.807) is 6.92 Å². The van der Waals surface area contributed by atoms with Crippen LogP contribution >= 0.6 is 15.9 Å². The predicted octanol–water partition coefficient (Wildman–Crippen LogP) is 4.42. The van der Waals surface area contributed by atoms with Crippen LogP contribution < -0.4 is 5.73 Å². The minimum atomic E-state index is -0.850. The van der Waals surface area contributed by atoms with Crippen LogP contribution in [-0.2, 0) is 0 Å². The average molecular weight is 316 g/mol. The Morgan fingerprint density at radius 1 is 1.06 bits per heavy atom. The molecule has 0 aromatic heterocycles. The number of nitrogen functional groups attached to an aromatic ring is 1. The van der Waals surface area contributed by atoms with Gasteiger partial charge in [-0.2, -0.15) is 0 Å². The second kappa shape index (κ2) is 4.65. The van der Waals surface area contributed by atoms with E-state index >= 15 is 0 Å². The topological polar surface area (TPSA) is 26.0 Å². The molecule has 0 spiro atoms. The zero-order valence-electron chi connectivity index (χ0n) is 9.40. The molecular weight excluding hydrogens is 307 g/mol. The fourth-order valence-electron chi connectivity index (χ4n) is 1.65. The molecule has 0 amide bonds. The fourth-order valence-corrected chi connectivity index (χ4v) is 1.99. The Morgan fingerprint density at radius 2 is 1.72 bits per heavy atom. The molecule has 18 heavy (non-hydrogen) atoms. The first kappa shape index (κ1) is 13.0. The molecule has 0 aliphatic carbocycles. The zero-order valence-corrected chi connectivity index (χ0v) is 11.0. The van der Waals surface area contributed by atoms with E-state index in [0.29, 0.717) is 5.56 Å². The lowest BCUT2D eigenvalue weighted by molar-refractivity contribution is 0.578. The minimum absolute atomic E-state index is 0.0671. The van der Waals surface area contributed by atoms with Gasteiger partial charge >= 0.3 is 0 Å². The second-order valence-corrected chi connectivity index (χ2v) is 4.76. The number of hydrogen-bond acceptors (Lipinski definition) is 1. The predicted molar refractivity (Wildman–Crippen MR) is 68.6 cm³/mol. The van der Waals surface area contributed by atoms with E-state index < -0.39 is 23.0 Å². The third kappa shape index (κ3) is 2.10. The van der Waals surface area contributed by atoms with E-state index in [1.165, 1.54) is 12.1 Å². The summed E-state index contributed by atoms with van der Waals surface area (Å²) in [5.74, 6) is -2.40. The summed E-state index contributed by atoms with van der Waals surface area (Å²) in [4.78, 5) is 0. The van der Waals surface area contributed by atoms with Gasteiger partial charge in [0.1, 0.15) is 17.5 Å². The highest BCUT2D eigenvalue weighted by Gasteiger charge is 2.18. The number of nitrogens with two attached hydrogens (primary N) is 1. The molecule has 0 radical (unpaired) electrons. The molecule has 0 aliphatic rings. The van der Waals surface area contributed by atoms with Gasteiger partial charge < -0.3 is 5.73 Å². The van der Waals surface area contributed by atoms with Gasteiger partial charge in [-0.05, 0) is 52.7 Å². The molecule has 0 saturated heterocycles. The summed E-state index contributed by atoms with van der Waals surface area (Å²) in [5, 5.41) is 0. The van der Waals surface area contributed by atoms with Gasteiger partial charge in [-0.1, -0.05) is 0 Å². The van der Waals surface area contributed by atoms with Gasteiger partial charge in [-0.3, -0.25) is 0 Å². The number of anilines is 1. The molecule has 94 valence electrons. The molecule has 0 bridgehead atoms. The van der Waals surface area contributed by atoms with Crippen molar-refractivity contribution in [2.75, 3.05) is 5.73 Å². The molecular formula is C13H9BrF3N. The number of aryl methyl sites for hydroxylation is 1. The molecule has 0 unspecified atom stereocenters. The first-order valence-corrected chi connectivity index (χ1v) is 5.90. The van der Waals surface area contributed by atoms with Gasteiger partial charge in [0.25, 0.3) is 0 Å². The standard InChI is InChI=1S/C13H9BrF3N/c1-6-4-10(16)7(5-11(6)18)12-9(15)3-2-8(14)13(12)17/h2-5H,18H2,1H3. The van der Waals surface area contributed by atoms with Crippen molar-refractivity contribution in [1.82, 2.24) is 0 Å². The van der Waals surface area contributed by atoms with Gasteiger partial charge in [0.15, 0.2) is 0 Å². The molecule has 2 aromatic carbocycles. The van der Waals surface area contributed by atoms with Crippen molar-refractivity contribution in [2.45, 2.75) is 6.92 Å². The first-order chi connectivity index (χ1) is 8.41. The summed E-state index contributed by atoms with van der Waals surface area (Å²) < 4.78 is 41.4. The van der Waals surface area contributed by atoms with Crippen molar-refractivity contribution >= 4 is 21.6 Å². The molecule has 2 rings (SSSR count). The minimum Gasteiger partial charge on any atom is -0.398 e. The van der Waals surface area contributed by atoms with Gasteiger partial charge in [0.05, 0.1) is 10.0 Å². The van der Waals surface area contributed by atoms with Crippen molar-refractivity contribution in [3.63, 3.8) is 0 Å². The Balaban J connectivity index is 2.77. The van der Waals surface area contributed by atoms with Crippen LogP contribution in [0.3, 0.4) is 0 Å². The summed E-state index contributed by atoms with van der Waals surface area (Å²) in [7, 11) is 0. The Bertz CT molecular complexity index is 626. The van der Waals surface area contributed by atoms with E-state index in [9.17, 15) is 13.2 Å². The summed E-state index contributed by atoms with van der Waals surface area (Å²) in [6, 6.07) is 4.69. The Hall–Kier alpha value is -1.49. The Kier molecular flexibility index (Phi) is 3.34. The van der Waals surface area contributed by atoms with Gasteiger partial charge in [-0.15, -0.1) is 0 Å². The van der Waals surface area contributed by atoms with E-state index in [-0.39, 0.29) is 15.7 Å². The van der Waals surface area contributed by atoms with Crippen LogP contribution in [0.4, 0.5) is 18.9 Å². The van der Waals surface area contributed by atoms with Crippen molar-refractivity contribution in [2.24, 2.45) is 0 Å². The molecule has 0 fully saturated rings. The monoisotopic (exact) mass is 315 g/mol. The van der Waals surface area contributed by atoms with Crippen LogP contribution in [0.25, 0.3) is 11.1 Å². The lowest BCUT2D eigenvalue weighted by Crippen LogP contribution is -1.98. The smallest absolute Gasteiger partial charge is 0.148 e. The van der Waals surface area contributed by atoms with E-state index in [4.69, 9.17) is 5.73 Å². The van der Waals surface area contributed by atoms with Crippen molar-refractivity contribution < 1.29 is 13.2 Å². The lowest BCUT2D eigenvalue weighted by atomic mass is 10.0. The Labute approximate surface area is 111 Å². The number of halogens is 4. The van der Waals surface area contributed by atoms with Crippen LogP contribution in [0.5, 0.6) is 0 Å². The first-order valence-electron chi connectivity index (χ1n) is 5.11. The number of rotatable bonds is 1. The molecule has 0 heterocycles. The fraction of sp³-hybridized carbons (Fsp3) is 0.0769. The summed E-state index contributed by atoms with van der Waals surface area (Å²) >= 11 is 2.94. The van der Waals surface area contributed by atoms with Gasteiger partial charge in [-0.25, -0.2) is 13.2 Å². The average Bonchev–Trinajstić information content (AvgIpc) is 2.31. The number of benzene rings is 2. The van der Waals surface area contributed by atoms with Crippen molar-refractivity contribution in [3.8, 4) is 11.1 Å². The molecule has 0 aliphatic heterocycles. The highest BCUT2D eigenvalue weighted by atomic mass is 79.9. The maximum Gasteiger partial charge on any atom is 0.148 e. The SMILES string of the molecule is Cc1cc(F)c(-c2c(F)ccc(Br)c2F)cc1N. The molecule has 2 N–H and O–H groups in total. The summed E-state index contributed by atoms with van der Waals surface area (Å²) in [5.41, 5.74) is 5.84. The second-order valence-electron chi connectivity index (χ2n) is 3.91. The van der Waals surface area contributed by atoms with E-state index in [2.05, 4.69) is 15.9 Å². The van der Waals surface area contributed by atoms with Crippen LogP contribution in [0.1, 0.15) is 5.56 Å². The lowest BCUT2D eigenvalue weighted by Gasteiger charge is -2.10. The highest BCUT2D eigenvalue weighted by molar-refractivity contribution is 9.10. The van der Waals surface area contributed by atoms with Crippen LogP contribution in [-0.4, -0.2) is 0 Å². The Morgan fingerprint density at radius 3 is 2.39 bits per heavy atom. The maximum atomic E-state index is 13.9. The molecule has 0 saturated carbocycles. The van der Waals surface area contributed by atoms with Gasteiger partial charge in [0, 0.05) is 11.3 Å². The van der Waals surface area contributed by atoms with Crippen molar-refractivity contribution in [1.29, 1.82) is 0 Å². The summed E-state index contributed by atoms with van der Waals surface area (Å²) in [6.07, 6.45) is 0. The van der Waals surface area contributed by atoms with Crippen LogP contribution in [0.15, 0.2) is 28.7 Å². The third-order valence-electron chi connectivity index (χ3n) is 2.67. The normalized spacial score (nSPS) is 10.7. The maximum absolute atomic E-state index is 13.9. The van der Waals surface area contributed by atoms with E-state index in [1.807, 2.05) is 0 Å².